The first-order valence-electron chi connectivity index (χ1n) is 26.5. The smallest absolute Gasteiger partial charge is 0.252 e. The van der Waals surface area contributed by atoms with Crippen molar-refractivity contribution in [3.05, 3.63) is 185 Å². The molecule has 2 atom stereocenters. The predicted molar refractivity (Wildman–Crippen MR) is 313 cm³/mol. The van der Waals surface area contributed by atoms with Gasteiger partial charge in [-0.2, -0.15) is 0 Å². The second kappa shape index (κ2) is 15.7. The molecule has 3 nitrogen and oxygen atoms in total. The highest BCUT2D eigenvalue weighted by Crippen LogP contribution is 2.62. The fraction of sp³-hybridized carbons (Fsp3) is 0.284. The Labute approximate surface area is 432 Å². The Morgan fingerprint density at radius 1 is 0.514 bits per heavy atom. The Bertz CT molecular complexity index is 3720. The van der Waals surface area contributed by atoms with E-state index >= 15 is 0 Å². The van der Waals surface area contributed by atoms with E-state index in [2.05, 4.69) is 243 Å². The lowest BCUT2D eigenvalue weighted by molar-refractivity contribution is 0.194. The Hall–Kier alpha value is -6.56. The average molecular weight is 956 g/mol. The molecule has 9 aromatic rings. The number of aryl methyl sites for hydroxylation is 3. The summed E-state index contributed by atoms with van der Waals surface area (Å²) in [6.07, 6.45) is 4.87. The second-order valence-electron chi connectivity index (χ2n) is 24.3. The van der Waals surface area contributed by atoms with Crippen LogP contribution in [0.5, 0.6) is 0 Å². The zero-order valence-corrected chi connectivity index (χ0v) is 44.9. The molecular formula is C67H66BN3S. The summed E-state index contributed by atoms with van der Waals surface area (Å²) in [5.41, 5.74) is 24.8. The molecule has 4 heterocycles. The zero-order chi connectivity index (χ0) is 49.8. The van der Waals surface area contributed by atoms with Crippen LogP contribution in [0.2, 0.25) is 0 Å². The highest BCUT2D eigenvalue weighted by molar-refractivity contribution is 7.26. The molecule has 8 aromatic carbocycles. The summed E-state index contributed by atoms with van der Waals surface area (Å²) in [6.45, 7) is 26.2. The topological polar surface area (TPSA) is 9.72 Å². The minimum Gasteiger partial charge on any atom is -0.334 e. The van der Waals surface area contributed by atoms with Crippen molar-refractivity contribution in [2.75, 3.05) is 14.7 Å². The molecule has 4 aliphatic rings. The maximum atomic E-state index is 2.80. The molecule has 0 amide bonds. The molecular weight excluding hydrogens is 890 g/mol. The first-order valence-corrected chi connectivity index (χ1v) is 27.3. The monoisotopic (exact) mass is 956 g/mol. The maximum Gasteiger partial charge on any atom is 0.252 e. The van der Waals surface area contributed by atoms with Gasteiger partial charge in [0.15, 0.2) is 0 Å². The number of fused-ring (bicyclic) bond motifs is 10. The third kappa shape index (κ3) is 6.48. The Balaban J connectivity index is 1.14. The van der Waals surface area contributed by atoms with Gasteiger partial charge in [-0.3, -0.25) is 0 Å². The van der Waals surface area contributed by atoms with Gasteiger partial charge in [0, 0.05) is 65.3 Å². The maximum absolute atomic E-state index is 2.80. The van der Waals surface area contributed by atoms with Crippen molar-refractivity contribution in [3.8, 4) is 11.1 Å². The Kier molecular flexibility index (Phi) is 9.90. The lowest BCUT2D eigenvalue weighted by atomic mass is 9.33. The third-order valence-corrected chi connectivity index (χ3v) is 18.8. The van der Waals surface area contributed by atoms with Gasteiger partial charge in [0.2, 0.25) is 0 Å². The van der Waals surface area contributed by atoms with Gasteiger partial charge >= 0.3 is 0 Å². The van der Waals surface area contributed by atoms with Crippen molar-refractivity contribution in [2.45, 2.75) is 124 Å². The fourth-order valence-corrected chi connectivity index (χ4v) is 15.1. The summed E-state index contributed by atoms with van der Waals surface area (Å²) >= 11 is 1.91. The summed E-state index contributed by atoms with van der Waals surface area (Å²) in [4.78, 5) is 8.13. The van der Waals surface area contributed by atoms with E-state index in [1.54, 1.807) is 5.56 Å². The standard InChI is InChI=1S/C67H66BN3S/c1-41-34-43(3)62-56(35-41)71(67(11)33-18-17-32-66(62,67)10)47-28-29-50-55(40-47)70(54-23-19-25-60-61(54)48-22-15-16-24-59(48)72-60)58-37-42(2)36-57-63(58)68(50)51-39-46(65(7,8)9)27-31-53(51)69(57)52-30-26-45(64(4,5)6)38-49(52)44-20-13-12-14-21-44/h12-16,19-31,34-40H,17-18,32-33H2,1-11H3. The van der Waals surface area contributed by atoms with Gasteiger partial charge in [-0.05, 0) is 173 Å². The molecule has 1 aromatic heterocycles. The van der Waals surface area contributed by atoms with Gasteiger partial charge in [-0.25, -0.2) is 0 Å². The van der Waals surface area contributed by atoms with E-state index < -0.39 is 0 Å². The predicted octanol–water partition coefficient (Wildman–Crippen LogP) is 17.1. The average Bonchev–Trinajstić information content (AvgIpc) is 3.83. The summed E-state index contributed by atoms with van der Waals surface area (Å²) < 4.78 is 2.63. The van der Waals surface area contributed by atoms with Crippen molar-refractivity contribution >= 4 is 100 Å². The number of hydrogen-bond donors (Lipinski definition) is 0. The molecule has 1 saturated carbocycles. The molecule has 0 bridgehead atoms. The third-order valence-electron chi connectivity index (χ3n) is 17.7. The molecule has 1 aliphatic carbocycles. The summed E-state index contributed by atoms with van der Waals surface area (Å²) in [5.74, 6) is 0. The molecule has 358 valence electrons. The molecule has 72 heavy (non-hydrogen) atoms. The van der Waals surface area contributed by atoms with E-state index in [-0.39, 0.29) is 28.5 Å². The van der Waals surface area contributed by atoms with Crippen molar-refractivity contribution in [1.82, 2.24) is 0 Å². The highest BCUT2D eigenvalue weighted by Gasteiger charge is 2.58. The molecule has 0 saturated heterocycles. The molecule has 3 aliphatic heterocycles. The molecule has 0 radical (unpaired) electrons. The molecule has 5 heteroatoms. The second-order valence-corrected chi connectivity index (χ2v) is 25.4. The molecule has 13 rings (SSSR count). The number of thiophene rings is 1. The van der Waals surface area contributed by atoms with Gasteiger partial charge in [-0.1, -0.05) is 146 Å². The highest BCUT2D eigenvalue weighted by atomic mass is 32.1. The van der Waals surface area contributed by atoms with E-state index in [1.807, 2.05) is 11.3 Å². The summed E-state index contributed by atoms with van der Waals surface area (Å²) in [7, 11) is 0. The number of benzene rings is 8. The molecule has 2 unspecified atom stereocenters. The van der Waals surface area contributed by atoms with Crippen LogP contribution in [0, 0.1) is 20.8 Å². The quantitative estimate of drug-likeness (QED) is 0.163. The van der Waals surface area contributed by atoms with Crippen molar-refractivity contribution < 1.29 is 0 Å². The first-order chi connectivity index (χ1) is 34.4. The minimum absolute atomic E-state index is 0.0113. The number of anilines is 8. The molecule has 0 spiro atoms. The van der Waals surface area contributed by atoms with Crippen molar-refractivity contribution in [1.29, 1.82) is 0 Å². The van der Waals surface area contributed by atoms with Crippen LogP contribution >= 0.6 is 11.3 Å². The van der Waals surface area contributed by atoms with E-state index in [9.17, 15) is 0 Å². The van der Waals surface area contributed by atoms with Crippen molar-refractivity contribution in [2.24, 2.45) is 0 Å². The van der Waals surface area contributed by atoms with Crippen LogP contribution in [0.25, 0.3) is 31.3 Å². The fourth-order valence-electron chi connectivity index (χ4n) is 14.0. The van der Waals surface area contributed by atoms with Crippen LogP contribution in [0.1, 0.15) is 114 Å². The van der Waals surface area contributed by atoms with Gasteiger partial charge in [0.25, 0.3) is 6.71 Å². The van der Waals surface area contributed by atoms with Crippen LogP contribution in [0.15, 0.2) is 152 Å². The lowest BCUT2D eigenvalue weighted by Gasteiger charge is -2.51. The number of rotatable bonds is 4. The van der Waals surface area contributed by atoms with Gasteiger partial charge in [0.1, 0.15) is 0 Å². The SMILES string of the molecule is Cc1cc2c3c(c1)N(c1cccc4sc5ccccc5c14)c1cc(N4c5cc(C)cc(C)c5C5(C)CCCCC45C)ccc1B3c1cc(C(C)(C)C)ccc1N2c1ccc(C(C)(C)C)cc1-c1ccccc1. The van der Waals surface area contributed by atoms with Crippen molar-refractivity contribution in [3.63, 3.8) is 0 Å². The number of hydrogen-bond acceptors (Lipinski definition) is 4. The zero-order valence-electron chi connectivity index (χ0n) is 44.1. The van der Waals surface area contributed by atoms with E-state index in [1.165, 1.54) is 140 Å². The first kappa shape index (κ1) is 45.3. The van der Waals surface area contributed by atoms with E-state index in [4.69, 9.17) is 0 Å². The van der Waals surface area contributed by atoms with Crippen LogP contribution in [-0.2, 0) is 16.2 Å². The Morgan fingerprint density at radius 2 is 1.15 bits per heavy atom. The normalized spacial score (nSPS) is 19.1. The van der Waals surface area contributed by atoms with E-state index in [0.29, 0.717) is 0 Å². The van der Waals surface area contributed by atoms with Crippen LogP contribution in [-0.4, -0.2) is 12.3 Å². The van der Waals surface area contributed by atoms with Crippen LogP contribution < -0.4 is 31.1 Å². The largest absolute Gasteiger partial charge is 0.334 e. The molecule has 0 N–H and O–H groups in total. The summed E-state index contributed by atoms with van der Waals surface area (Å²) in [6, 6.07) is 59.4. The van der Waals surface area contributed by atoms with Gasteiger partial charge in [0.05, 0.1) is 16.9 Å². The van der Waals surface area contributed by atoms with E-state index in [0.717, 1.165) is 6.42 Å². The van der Waals surface area contributed by atoms with Crippen LogP contribution in [0.3, 0.4) is 0 Å². The van der Waals surface area contributed by atoms with Gasteiger partial charge < -0.3 is 14.7 Å². The Morgan fingerprint density at radius 3 is 1.90 bits per heavy atom. The van der Waals surface area contributed by atoms with Crippen LogP contribution in [0.4, 0.5) is 45.5 Å². The molecule has 1 fully saturated rings. The minimum atomic E-state index is -0.0797. The van der Waals surface area contributed by atoms with Gasteiger partial charge in [-0.15, -0.1) is 11.3 Å². The lowest BCUT2D eigenvalue weighted by Crippen LogP contribution is -2.61. The summed E-state index contributed by atoms with van der Waals surface area (Å²) in [5, 5.41) is 2.63. The number of nitrogens with zero attached hydrogens (tertiary/aromatic N) is 3.